The molecule has 2 aliphatic heterocycles. The van der Waals surface area contributed by atoms with Gasteiger partial charge in [0.05, 0.1) is 19.1 Å². The minimum absolute atomic E-state index is 0.0501. The molecule has 2 bridgehead atoms. The van der Waals surface area contributed by atoms with E-state index >= 15 is 0 Å². The van der Waals surface area contributed by atoms with Gasteiger partial charge in [0.1, 0.15) is 17.7 Å². The summed E-state index contributed by atoms with van der Waals surface area (Å²) < 4.78 is 39.4. The number of hydrogen-bond donors (Lipinski definition) is 0. The average Bonchev–Trinajstić information content (AvgIpc) is 3.20. The zero-order chi connectivity index (χ0) is 25.8. The molecule has 4 nitrogen and oxygen atoms in total. The first kappa shape index (κ1) is 25.6. The van der Waals surface area contributed by atoms with Gasteiger partial charge in [0, 0.05) is 12.1 Å². The van der Waals surface area contributed by atoms with Gasteiger partial charge in [-0.2, -0.15) is 0 Å². The van der Waals surface area contributed by atoms with Gasteiger partial charge in [-0.15, -0.1) is 0 Å². The predicted octanol–water partition coefficient (Wildman–Crippen LogP) is 6.10. The highest BCUT2D eigenvalue weighted by atomic mass is 19.1. The molecule has 5 rings (SSSR count). The average molecular weight is 506 g/mol. The van der Waals surface area contributed by atoms with Crippen LogP contribution in [0.5, 0.6) is 0 Å². The zero-order valence-corrected chi connectivity index (χ0v) is 21.1. The van der Waals surface area contributed by atoms with Crippen LogP contribution in [0.4, 0.5) is 8.78 Å². The molecule has 0 spiro atoms. The van der Waals surface area contributed by atoms with Crippen molar-refractivity contribution in [2.75, 3.05) is 13.7 Å². The van der Waals surface area contributed by atoms with Crippen LogP contribution in [0.1, 0.15) is 48.5 Å². The quantitative estimate of drug-likeness (QED) is 0.330. The summed E-state index contributed by atoms with van der Waals surface area (Å²) in [5.74, 6) is -1.36. The molecule has 0 radical (unpaired) electrons. The molecule has 0 aromatic heterocycles. The first-order valence-electron chi connectivity index (χ1n) is 13.1. The fraction of sp³-hybridized carbons (Fsp3) is 0.387. The third-order valence-electron chi connectivity index (χ3n) is 7.86. The van der Waals surface area contributed by atoms with Crippen molar-refractivity contribution in [2.24, 2.45) is 5.92 Å². The number of methoxy groups -OCH3 is 1. The molecule has 0 aliphatic carbocycles. The summed E-state index contributed by atoms with van der Waals surface area (Å²) in [7, 11) is 1.43. The molecule has 0 saturated carbocycles. The summed E-state index contributed by atoms with van der Waals surface area (Å²) in [4.78, 5) is 15.6. The minimum Gasteiger partial charge on any atom is -0.469 e. The Morgan fingerprint density at radius 2 is 1.54 bits per heavy atom. The minimum atomic E-state index is -0.553. The van der Waals surface area contributed by atoms with Crippen molar-refractivity contribution in [1.82, 2.24) is 4.90 Å². The molecular weight excluding hydrogens is 472 g/mol. The summed E-state index contributed by atoms with van der Waals surface area (Å²) >= 11 is 0. The summed E-state index contributed by atoms with van der Waals surface area (Å²) in [6.07, 6.45) is 3.74. The Hall–Kier alpha value is -3.09. The molecule has 0 N–H and O–H groups in total. The molecule has 4 atom stereocenters. The lowest BCUT2D eigenvalue weighted by Crippen LogP contribution is -2.55. The fourth-order valence-electron chi connectivity index (χ4n) is 6.11. The Kier molecular flexibility index (Phi) is 7.96. The van der Waals surface area contributed by atoms with E-state index in [0.29, 0.717) is 12.5 Å². The number of esters is 1. The van der Waals surface area contributed by atoms with Gasteiger partial charge < -0.3 is 9.47 Å². The number of hydrogen-bond acceptors (Lipinski definition) is 4. The lowest BCUT2D eigenvalue weighted by atomic mass is 9.86. The number of carbonyl (C=O) groups is 1. The normalized spacial score (nSPS) is 23.4. The van der Waals surface area contributed by atoms with Crippen LogP contribution in [0.25, 0.3) is 0 Å². The van der Waals surface area contributed by atoms with Crippen molar-refractivity contribution in [3.63, 3.8) is 0 Å². The third-order valence-corrected chi connectivity index (χ3v) is 7.86. The molecule has 2 aliphatic rings. The lowest BCUT2D eigenvalue weighted by molar-refractivity contribution is -0.163. The van der Waals surface area contributed by atoms with Crippen molar-refractivity contribution < 1.29 is 23.0 Å². The highest BCUT2D eigenvalue weighted by Crippen LogP contribution is 2.43. The van der Waals surface area contributed by atoms with E-state index in [0.717, 1.165) is 43.4 Å². The Morgan fingerprint density at radius 3 is 2.14 bits per heavy atom. The van der Waals surface area contributed by atoms with E-state index in [1.165, 1.54) is 36.9 Å². The maximum Gasteiger partial charge on any atom is 0.312 e. The first-order chi connectivity index (χ1) is 18.0. The van der Waals surface area contributed by atoms with E-state index in [1.807, 2.05) is 6.07 Å². The Balaban J connectivity index is 1.37. The summed E-state index contributed by atoms with van der Waals surface area (Å²) in [6, 6.07) is 23.1. The van der Waals surface area contributed by atoms with Crippen LogP contribution in [0, 0.1) is 17.6 Å². The molecule has 0 amide bonds. The first-order valence-corrected chi connectivity index (χ1v) is 13.1. The van der Waals surface area contributed by atoms with Crippen molar-refractivity contribution in [3.05, 3.63) is 107 Å². The number of benzene rings is 3. The lowest BCUT2D eigenvalue weighted by Gasteiger charge is -2.44. The zero-order valence-electron chi connectivity index (χ0n) is 21.1. The standard InChI is InChI=1S/C31H33F2NO3/c1-36-31(35)29-27-18-17-26(34(27)19-5-8-21-6-3-2-4-7-21)20-28(29)37-30(22-9-13-24(32)14-10-22)23-11-15-25(33)16-12-23/h2-4,6-7,9-16,26-30H,5,8,17-20H2,1H3/t26?,27?,28-,29+/m0/s1. The van der Waals surface area contributed by atoms with Crippen LogP contribution in [-0.2, 0) is 20.7 Å². The monoisotopic (exact) mass is 505 g/mol. The molecule has 3 aromatic rings. The van der Waals surface area contributed by atoms with Crippen LogP contribution in [0.15, 0.2) is 78.9 Å². The van der Waals surface area contributed by atoms with Gasteiger partial charge in [-0.3, -0.25) is 9.69 Å². The summed E-state index contributed by atoms with van der Waals surface area (Å²) in [6.45, 7) is 0.920. The van der Waals surface area contributed by atoms with E-state index in [9.17, 15) is 13.6 Å². The number of fused-ring (bicyclic) bond motifs is 2. The maximum absolute atomic E-state index is 13.7. The van der Waals surface area contributed by atoms with Crippen LogP contribution < -0.4 is 0 Å². The summed E-state index contributed by atoms with van der Waals surface area (Å²) in [5.41, 5.74) is 2.84. The molecule has 37 heavy (non-hydrogen) atoms. The Labute approximate surface area is 217 Å². The van der Waals surface area contributed by atoms with E-state index in [4.69, 9.17) is 9.47 Å². The van der Waals surface area contributed by atoms with Crippen molar-refractivity contribution in [2.45, 2.75) is 56.4 Å². The number of halogens is 2. The number of carbonyl (C=O) groups excluding carboxylic acids is 1. The largest absolute Gasteiger partial charge is 0.469 e. The second-order valence-corrected chi connectivity index (χ2v) is 10.1. The molecule has 194 valence electrons. The van der Waals surface area contributed by atoms with Gasteiger partial charge in [-0.05, 0) is 79.6 Å². The van der Waals surface area contributed by atoms with Crippen LogP contribution in [-0.4, -0.2) is 42.7 Å². The molecule has 6 heteroatoms. The number of rotatable bonds is 9. The Bertz CT molecular complexity index is 1120. The topological polar surface area (TPSA) is 38.8 Å². The molecule has 2 fully saturated rings. The number of ether oxygens (including phenoxy) is 2. The smallest absolute Gasteiger partial charge is 0.312 e. The van der Waals surface area contributed by atoms with Crippen molar-refractivity contribution in [3.8, 4) is 0 Å². The van der Waals surface area contributed by atoms with E-state index in [1.54, 1.807) is 24.3 Å². The SMILES string of the molecule is COC(=O)[C@@H]1C2CCC(C[C@@H]1OC(c1ccc(F)cc1)c1ccc(F)cc1)N2CCCc1ccccc1. The molecule has 2 saturated heterocycles. The molecule has 2 unspecified atom stereocenters. The van der Waals surface area contributed by atoms with Gasteiger partial charge in [0.15, 0.2) is 0 Å². The maximum atomic E-state index is 13.7. The number of aryl methyl sites for hydroxylation is 1. The van der Waals surface area contributed by atoms with E-state index < -0.39 is 12.0 Å². The second kappa shape index (κ2) is 11.5. The van der Waals surface area contributed by atoms with Gasteiger partial charge in [0.25, 0.3) is 0 Å². The van der Waals surface area contributed by atoms with Gasteiger partial charge in [-0.25, -0.2) is 8.78 Å². The third kappa shape index (κ3) is 5.76. The molecular formula is C31H33F2NO3. The predicted molar refractivity (Wildman–Crippen MR) is 138 cm³/mol. The van der Waals surface area contributed by atoms with Gasteiger partial charge >= 0.3 is 5.97 Å². The molecule has 2 heterocycles. The van der Waals surface area contributed by atoms with Crippen molar-refractivity contribution in [1.29, 1.82) is 0 Å². The highest BCUT2D eigenvalue weighted by molar-refractivity contribution is 5.74. The van der Waals surface area contributed by atoms with Crippen LogP contribution in [0.3, 0.4) is 0 Å². The highest BCUT2D eigenvalue weighted by Gasteiger charge is 2.51. The number of nitrogens with zero attached hydrogens (tertiary/aromatic N) is 1. The number of piperidine rings is 1. The van der Waals surface area contributed by atoms with Gasteiger partial charge in [0.2, 0.25) is 0 Å². The molecule has 3 aromatic carbocycles. The van der Waals surface area contributed by atoms with E-state index in [2.05, 4.69) is 29.2 Å². The fourth-order valence-corrected chi connectivity index (χ4v) is 6.11. The van der Waals surface area contributed by atoms with Crippen molar-refractivity contribution >= 4 is 5.97 Å². The Morgan fingerprint density at radius 1 is 0.919 bits per heavy atom. The second-order valence-electron chi connectivity index (χ2n) is 10.1. The van der Waals surface area contributed by atoms with Gasteiger partial charge in [-0.1, -0.05) is 54.6 Å². The summed E-state index contributed by atoms with van der Waals surface area (Å²) in [5, 5.41) is 0. The van der Waals surface area contributed by atoms with E-state index in [-0.39, 0.29) is 29.7 Å². The van der Waals surface area contributed by atoms with Crippen LogP contribution >= 0.6 is 0 Å². The van der Waals surface area contributed by atoms with Crippen LogP contribution in [0.2, 0.25) is 0 Å².